The SMILES string of the molecule is CN/C(=C(/C#N)N(C)C)C1C2CC3CC(C2)CC1C3. The third kappa shape index (κ3) is 2.02. The largest absolute Gasteiger partial charge is 0.389 e. The van der Waals surface area contributed by atoms with Gasteiger partial charge in [0.25, 0.3) is 0 Å². The van der Waals surface area contributed by atoms with E-state index >= 15 is 0 Å². The zero-order valence-electron chi connectivity index (χ0n) is 12.3. The minimum absolute atomic E-state index is 0.606. The molecule has 0 atom stereocenters. The normalized spacial score (nSPS) is 40.6. The first-order valence-electron chi connectivity index (χ1n) is 7.63. The highest BCUT2D eigenvalue weighted by Crippen LogP contribution is 2.58. The van der Waals surface area contributed by atoms with Crippen LogP contribution in [-0.4, -0.2) is 26.0 Å². The Bertz CT molecular complexity index is 402. The molecule has 0 heterocycles. The predicted molar refractivity (Wildman–Crippen MR) is 75.9 cm³/mol. The van der Waals surface area contributed by atoms with E-state index in [1.54, 1.807) is 0 Å². The second kappa shape index (κ2) is 4.74. The van der Waals surface area contributed by atoms with Gasteiger partial charge in [0.2, 0.25) is 0 Å². The monoisotopic (exact) mass is 259 g/mol. The van der Waals surface area contributed by atoms with Crippen molar-refractivity contribution in [3.63, 3.8) is 0 Å². The van der Waals surface area contributed by atoms with Gasteiger partial charge in [-0.1, -0.05) is 0 Å². The highest BCUT2D eigenvalue weighted by atomic mass is 15.1. The van der Waals surface area contributed by atoms with Crippen LogP contribution < -0.4 is 5.32 Å². The molecule has 0 aromatic heterocycles. The van der Waals surface area contributed by atoms with Gasteiger partial charge in [0, 0.05) is 32.8 Å². The first-order valence-corrected chi connectivity index (χ1v) is 7.63. The number of hydrogen-bond donors (Lipinski definition) is 1. The van der Waals surface area contributed by atoms with Gasteiger partial charge in [-0.25, -0.2) is 0 Å². The Kier molecular flexibility index (Phi) is 3.20. The number of allylic oxidation sites excluding steroid dienone is 2. The Labute approximate surface area is 116 Å². The third-order valence-corrected chi connectivity index (χ3v) is 5.64. The first kappa shape index (κ1) is 12.8. The molecule has 3 heteroatoms. The summed E-state index contributed by atoms with van der Waals surface area (Å²) in [5.74, 6) is 4.22. The maximum absolute atomic E-state index is 9.46. The van der Waals surface area contributed by atoms with Crippen LogP contribution >= 0.6 is 0 Å². The fourth-order valence-electron chi connectivity index (χ4n) is 5.24. The van der Waals surface area contributed by atoms with Gasteiger partial charge in [-0.15, -0.1) is 0 Å². The molecule has 19 heavy (non-hydrogen) atoms. The lowest BCUT2D eigenvalue weighted by molar-refractivity contribution is -0.0236. The molecule has 1 N–H and O–H groups in total. The number of nitriles is 1. The summed E-state index contributed by atoms with van der Waals surface area (Å²) in [4.78, 5) is 1.97. The summed E-state index contributed by atoms with van der Waals surface area (Å²) in [5, 5.41) is 12.8. The molecule has 0 radical (unpaired) electrons. The van der Waals surface area contributed by atoms with Crippen LogP contribution in [0.3, 0.4) is 0 Å². The fourth-order valence-corrected chi connectivity index (χ4v) is 5.24. The van der Waals surface area contributed by atoms with Crippen molar-refractivity contribution in [1.29, 1.82) is 5.26 Å². The van der Waals surface area contributed by atoms with Crippen LogP contribution in [0.4, 0.5) is 0 Å². The first-order chi connectivity index (χ1) is 9.13. The van der Waals surface area contributed by atoms with Crippen molar-refractivity contribution in [2.24, 2.45) is 29.6 Å². The molecule has 0 aromatic rings. The summed E-state index contributed by atoms with van der Waals surface area (Å²) in [5.41, 5.74) is 2.04. The molecular formula is C16H25N3. The molecule has 0 saturated heterocycles. The summed E-state index contributed by atoms with van der Waals surface area (Å²) in [6.45, 7) is 0. The summed E-state index contributed by atoms with van der Waals surface area (Å²) in [7, 11) is 5.94. The highest BCUT2D eigenvalue weighted by Gasteiger charge is 2.49. The van der Waals surface area contributed by atoms with Crippen molar-refractivity contribution in [3.05, 3.63) is 11.4 Å². The minimum Gasteiger partial charge on any atom is -0.389 e. The molecule has 0 unspecified atom stereocenters. The number of rotatable bonds is 3. The summed E-state index contributed by atoms with van der Waals surface area (Å²) < 4.78 is 0. The minimum atomic E-state index is 0.606. The van der Waals surface area contributed by atoms with Gasteiger partial charge in [-0.2, -0.15) is 5.26 Å². The second-order valence-corrected chi connectivity index (χ2v) is 6.98. The standard InChI is InChI=1S/C16H25N3/c1-18-16(14(9-17)19(2)3)15-12-5-10-4-11(7-12)8-13(15)6-10/h10-13,15,18H,4-8H2,1-3H3/b16-14-. The van der Waals surface area contributed by atoms with Crippen LogP contribution in [0.25, 0.3) is 0 Å². The lowest BCUT2D eigenvalue weighted by Gasteiger charge is -2.55. The molecule has 4 fully saturated rings. The number of nitrogens with one attached hydrogen (secondary N) is 1. The van der Waals surface area contributed by atoms with Crippen LogP contribution in [-0.2, 0) is 0 Å². The molecule has 104 valence electrons. The average molecular weight is 259 g/mol. The van der Waals surface area contributed by atoms with E-state index in [2.05, 4.69) is 11.4 Å². The van der Waals surface area contributed by atoms with Gasteiger partial charge in [0.05, 0.1) is 0 Å². The van der Waals surface area contributed by atoms with Crippen molar-refractivity contribution in [1.82, 2.24) is 10.2 Å². The van der Waals surface area contributed by atoms with E-state index in [1.807, 2.05) is 26.0 Å². The van der Waals surface area contributed by atoms with E-state index < -0.39 is 0 Å². The van der Waals surface area contributed by atoms with Crippen LogP contribution in [0.1, 0.15) is 32.1 Å². The van der Waals surface area contributed by atoms with Crippen LogP contribution in [0, 0.1) is 40.9 Å². The smallest absolute Gasteiger partial charge is 0.135 e. The Morgan fingerprint density at radius 1 is 1.05 bits per heavy atom. The van der Waals surface area contributed by atoms with Gasteiger partial charge in [-0.3, -0.25) is 0 Å². The van der Waals surface area contributed by atoms with Crippen molar-refractivity contribution in [2.45, 2.75) is 32.1 Å². The number of hydrogen-bond acceptors (Lipinski definition) is 3. The Hall–Kier alpha value is -1.17. The quantitative estimate of drug-likeness (QED) is 0.792. The summed E-state index contributed by atoms with van der Waals surface area (Å²) in [6.07, 6.45) is 7.07. The lowest BCUT2D eigenvalue weighted by Crippen LogP contribution is -2.47. The molecule has 0 aromatic carbocycles. The van der Waals surface area contributed by atoms with E-state index in [0.717, 1.165) is 29.4 Å². The van der Waals surface area contributed by atoms with Crippen molar-refractivity contribution >= 4 is 0 Å². The maximum atomic E-state index is 9.46. The molecule has 4 bridgehead atoms. The Morgan fingerprint density at radius 3 is 1.95 bits per heavy atom. The van der Waals surface area contributed by atoms with E-state index in [1.165, 1.54) is 37.8 Å². The van der Waals surface area contributed by atoms with E-state index in [-0.39, 0.29) is 0 Å². The average Bonchev–Trinajstić information content (AvgIpc) is 2.35. The molecule has 4 rings (SSSR count). The topological polar surface area (TPSA) is 39.1 Å². The van der Waals surface area contributed by atoms with Crippen LogP contribution in [0.2, 0.25) is 0 Å². The van der Waals surface area contributed by atoms with Crippen molar-refractivity contribution < 1.29 is 0 Å². The number of nitrogens with zero attached hydrogens (tertiary/aromatic N) is 2. The Balaban J connectivity index is 1.94. The van der Waals surface area contributed by atoms with E-state index in [9.17, 15) is 5.26 Å². The summed E-state index contributed by atoms with van der Waals surface area (Å²) in [6, 6.07) is 2.40. The highest BCUT2D eigenvalue weighted by molar-refractivity contribution is 5.29. The predicted octanol–water partition coefficient (Wildman–Crippen LogP) is 2.57. The molecular weight excluding hydrogens is 234 g/mol. The fraction of sp³-hybridized carbons (Fsp3) is 0.812. The molecule has 0 amide bonds. The molecule has 4 aliphatic rings. The lowest BCUT2D eigenvalue weighted by atomic mass is 9.51. The van der Waals surface area contributed by atoms with E-state index in [0.29, 0.717) is 5.92 Å². The van der Waals surface area contributed by atoms with Gasteiger partial charge in [-0.05, 0) is 55.8 Å². The van der Waals surface area contributed by atoms with Gasteiger partial charge < -0.3 is 10.2 Å². The zero-order valence-corrected chi connectivity index (χ0v) is 12.3. The molecule has 4 saturated carbocycles. The molecule has 3 nitrogen and oxygen atoms in total. The zero-order chi connectivity index (χ0) is 13.6. The third-order valence-electron chi connectivity index (χ3n) is 5.64. The molecule has 0 spiro atoms. The molecule has 4 aliphatic carbocycles. The van der Waals surface area contributed by atoms with Gasteiger partial charge in [0.15, 0.2) is 0 Å². The van der Waals surface area contributed by atoms with E-state index in [4.69, 9.17) is 0 Å². The van der Waals surface area contributed by atoms with Gasteiger partial charge >= 0.3 is 0 Å². The maximum Gasteiger partial charge on any atom is 0.135 e. The summed E-state index contributed by atoms with van der Waals surface area (Å²) >= 11 is 0. The van der Waals surface area contributed by atoms with Crippen molar-refractivity contribution in [3.8, 4) is 6.07 Å². The van der Waals surface area contributed by atoms with Crippen molar-refractivity contribution in [2.75, 3.05) is 21.1 Å². The molecule has 0 aliphatic heterocycles. The van der Waals surface area contributed by atoms with Gasteiger partial charge in [0.1, 0.15) is 11.8 Å². The second-order valence-electron chi connectivity index (χ2n) is 6.98. The van der Waals surface area contributed by atoms with Crippen LogP contribution in [0.15, 0.2) is 11.4 Å². The Morgan fingerprint density at radius 2 is 1.58 bits per heavy atom. The van der Waals surface area contributed by atoms with Crippen LogP contribution in [0.5, 0.6) is 0 Å².